The van der Waals surface area contributed by atoms with E-state index >= 15 is 0 Å². The minimum absolute atomic E-state index is 0.0119. The minimum atomic E-state index is -4.24. The Labute approximate surface area is 243 Å². The number of benzene rings is 3. The predicted octanol–water partition coefficient (Wildman–Crippen LogP) is 5.00. The number of sulfonamides is 1. The Kier molecular flexibility index (Phi) is 8.22. The molecule has 1 saturated heterocycles. The number of nitrogens with one attached hydrogen (secondary N) is 1. The van der Waals surface area contributed by atoms with Gasteiger partial charge in [0.1, 0.15) is 10.9 Å². The molecular formula is C29H29Cl2N3O5S. The van der Waals surface area contributed by atoms with E-state index in [-0.39, 0.29) is 46.0 Å². The Balaban J connectivity index is 1.39. The zero-order valence-corrected chi connectivity index (χ0v) is 24.3. The Morgan fingerprint density at radius 2 is 1.48 bits per heavy atom. The van der Waals surface area contributed by atoms with Crippen LogP contribution in [0, 0.1) is 0 Å². The number of amides is 2. The van der Waals surface area contributed by atoms with E-state index < -0.39 is 22.0 Å². The van der Waals surface area contributed by atoms with Crippen LogP contribution in [-0.4, -0.2) is 60.8 Å². The van der Waals surface area contributed by atoms with E-state index in [9.17, 15) is 18.0 Å². The maximum Gasteiger partial charge on any atom is 0.254 e. The van der Waals surface area contributed by atoms with Crippen LogP contribution in [0.5, 0.6) is 0 Å². The number of nitrogens with zero attached hydrogens (tertiary/aromatic N) is 2. The van der Waals surface area contributed by atoms with E-state index in [1.54, 1.807) is 35.2 Å². The number of carbonyl (C=O) groups excluding carboxylic acids is 2. The molecule has 0 saturated carbocycles. The molecule has 40 heavy (non-hydrogen) atoms. The van der Waals surface area contributed by atoms with Crippen LogP contribution in [0.3, 0.4) is 0 Å². The second-order valence-electron chi connectivity index (χ2n) is 10.1. The largest absolute Gasteiger partial charge is 0.372 e. The summed E-state index contributed by atoms with van der Waals surface area (Å²) < 4.78 is 34.6. The molecule has 0 radical (unpaired) electrons. The Morgan fingerprint density at radius 3 is 2.10 bits per heavy atom. The fraction of sp³-hybridized carbons (Fsp3) is 0.310. The van der Waals surface area contributed by atoms with Gasteiger partial charge >= 0.3 is 0 Å². The average Bonchev–Trinajstić information content (AvgIpc) is 2.91. The highest BCUT2D eigenvalue weighted by Crippen LogP contribution is 2.36. The summed E-state index contributed by atoms with van der Waals surface area (Å²) in [4.78, 5) is 28.1. The summed E-state index contributed by atoms with van der Waals surface area (Å²) in [6, 6.07) is 17.4. The summed E-state index contributed by atoms with van der Waals surface area (Å²) in [5, 5.41) is 2.79. The molecule has 3 aromatic carbocycles. The summed E-state index contributed by atoms with van der Waals surface area (Å²) in [7, 11) is -4.24. The molecule has 0 bridgehead atoms. The summed E-state index contributed by atoms with van der Waals surface area (Å²) in [6.45, 7) is 4.86. The molecule has 1 fully saturated rings. The third-order valence-corrected chi connectivity index (χ3v) is 9.91. The molecule has 0 aromatic heterocycles. The summed E-state index contributed by atoms with van der Waals surface area (Å²) in [6.07, 6.45) is 0.0753. The van der Waals surface area contributed by atoms with Crippen molar-refractivity contribution < 1.29 is 22.7 Å². The number of rotatable bonds is 5. The number of carbonyl (C=O) groups is 2. The van der Waals surface area contributed by atoms with E-state index in [0.29, 0.717) is 24.3 Å². The van der Waals surface area contributed by atoms with E-state index in [2.05, 4.69) is 5.32 Å². The second kappa shape index (κ2) is 11.5. The highest BCUT2D eigenvalue weighted by atomic mass is 35.5. The molecule has 3 atom stereocenters. The molecule has 2 aliphatic heterocycles. The van der Waals surface area contributed by atoms with E-state index in [1.165, 1.54) is 12.1 Å². The first-order valence-electron chi connectivity index (χ1n) is 12.9. The fourth-order valence-electron chi connectivity index (χ4n) is 5.27. The summed E-state index contributed by atoms with van der Waals surface area (Å²) in [5.74, 6) is -0.617. The van der Waals surface area contributed by atoms with Gasteiger partial charge in [-0.3, -0.25) is 9.59 Å². The first-order valence-corrected chi connectivity index (χ1v) is 15.1. The fourth-order valence-corrected chi connectivity index (χ4v) is 7.93. The molecule has 3 unspecified atom stereocenters. The Hall–Kier alpha value is -2.95. The monoisotopic (exact) mass is 601 g/mol. The van der Waals surface area contributed by atoms with Gasteiger partial charge in [0.15, 0.2) is 0 Å². The molecule has 11 heteroatoms. The molecule has 210 valence electrons. The zero-order valence-electron chi connectivity index (χ0n) is 22.0. The lowest BCUT2D eigenvalue weighted by atomic mass is 9.95. The summed E-state index contributed by atoms with van der Waals surface area (Å²) >= 11 is 12.5. The van der Waals surface area contributed by atoms with Crippen molar-refractivity contribution in [3.05, 3.63) is 93.5 Å². The third-order valence-electron chi connectivity index (χ3n) is 7.10. The molecular weight excluding hydrogens is 573 g/mol. The second-order valence-corrected chi connectivity index (χ2v) is 12.8. The molecule has 5 rings (SSSR count). The van der Waals surface area contributed by atoms with E-state index in [0.717, 1.165) is 15.4 Å². The number of anilines is 1. The number of hydrogen-bond acceptors (Lipinski definition) is 5. The van der Waals surface area contributed by atoms with Crippen molar-refractivity contribution in [3.63, 3.8) is 0 Å². The predicted molar refractivity (Wildman–Crippen MR) is 154 cm³/mol. The molecule has 0 aliphatic carbocycles. The molecule has 8 nitrogen and oxygen atoms in total. The van der Waals surface area contributed by atoms with Crippen LogP contribution >= 0.6 is 23.2 Å². The molecule has 2 aliphatic rings. The van der Waals surface area contributed by atoms with Crippen LogP contribution in [0.1, 0.15) is 35.3 Å². The number of fused-ring (bicyclic) bond motifs is 1. The van der Waals surface area contributed by atoms with Gasteiger partial charge in [-0.1, -0.05) is 53.5 Å². The smallest absolute Gasteiger partial charge is 0.254 e. The molecule has 2 heterocycles. The quantitative estimate of drug-likeness (QED) is 0.444. The van der Waals surface area contributed by atoms with Gasteiger partial charge in [0.05, 0.1) is 22.3 Å². The van der Waals surface area contributed by atoms with Crippen molar-refractivity contribution in [3.8, 4) is 0 Å². The normalized spacial score (nSPS) is 21.5. The number of ether oxygens (including phenoxy) is 1. The first kappa shape index (κ1) is 28.6. The van der Waals surface area contributed by atoms with Gasteiger partial charge < -0.3 is 15.0 Å². The van der Waals surface area contributed by atoms with Crippen LogP contribution in [0.25, 0.3) is 0 Å². The molecule has 0 spiro atoms. The molecule has 3 aromatic rings. The number of halogens is 2. The van der Waals surface area contributed by atoms with Gasteiger partial charge in [-0.05, 0) is 67.8 Å². The van der Waals surface area contributed by atoms with Crippen LogP contribution < -0.4 is 5.32 Å². The van der Waals surface area contributed by atoms with Crippen LogP contribution in [0.2, 0.25) is 10.0 Å². The molecule has 2 amide bonds. The van der Waals surface area contributed by atoms with Crippen molar-refractivity contribution in [1.82, 2.24) is 9.21 Å². The maximum absolute atomic E-state index is 13.8. The molecule has 1 N–H and O–H groups in total. The number of morpholine rings is 1. The van der Waals surface area contributed by atoms with Gasteiger partial charge in [0.25, 0.3) is 5.91 Å². The van der Waals surface area contributed by atoms with Gasteiger partial charge in [0, 0.05) is 30.9 Å². The zero-order chi connectivity index (χ0) is 28.6. The summed E-state index contributed by atoms with van der Waals surface area (Å²) in [5.41, 5.74) is 2.61. The van der Waals surface area contributed by atoms with Crippen molar-refractivity contribution in [2.45, 2.75) is 50.0 Å². The van der Waals surface area contributed by atoms with Gasteiger partial charge in [-0.15, -0.1) is 0 Å². The van der Waals surface area contributed by atoms with Crippen LogP contribution in [0.4, 0.5) is 5.69 Å². The van der Waals surface area contributed by atoms with Crippen LogP contribution in [0.15, 0.2) is 71.6 Å². The van der Waals surface area contributed by atoms with Crippen molar-refractivity contribution in [2.75, 3.05) is 18.4 Å². The van der Waals surface area contributed by atoms with Gasteiger partial charge in [0.2, 0.25) is 15.9 Å². The van der Waals surface area contributed by atoms with Crippen molar-refractivity contribution in [1.29, 1.82) is 0 Å². The lowest BCUT2D eigenvalue weighted by Gasteiger charge is -2.35. The Morgan fingerprint density at radius 1 is 0.875 bits per heavy atom. The number of hydrogen-bond donors (Lipinski definition) is 1. The minimum Gasteiger partial charge on any atom is -0.372 e. The van der Waals surface area contributed by atoms with Crippen molar-refractivity contribution >= 4 is 50.7 Å². The van der Waals surface area contributed by atoms with Gasteiger partial charge in [-0.25, -0.2) is 8.42 Å². The lowest BCUT2D eigenvalue weighted by Crippen LogP contribution is -2.50. The van der Waals surface area contributed by atoms with Crippen LogP contribution in [-0.2, 0) is 32.5 Å². The van der Waals surface area contributed by atoms with Crippen molar-refractivity contribution in [2.24, 2.45) is 0 Å². The first-order chi connectivity index (χ1) is 19.0. The third kappa shape index (κ3) is 5.75. The average molecular weight is 603 g/mol. The standard InChI is InChI=1S/C29H29Cl2N3O5S/c1-18-15-33(16-19(2)39-18)29(36)20-10-12-23(13-11-20)32-28(35)26-14-21-6-3-4-7-22(21)17-34(26)40(37,38)27-24(30)8-5-9-25(27)31/h3-13,18-19,26H,14-17H2,1-2H3,(H,32,35). The van der Waals surface area contributed by atoms with E-state index in [4.69, 9.17) is 27.9 Å². The topological polar surface area (TPSA) is 96.0 Å². The van der Waals surface area contributed by atoms with Gasteiger partial charge in [-0.2, -0.15) is 4.31 Å². The maximum atomic E-state index is 13.8. The Bertz CT molecular complexity index is 1520. The lowest BCUT2D eigenvalue weighted by molar-refractivity contribution is -0.120. The SMILES string of the molecule is CC1CN(C(=O)c2ccc(NC(=O)C3Cc4ccccc4CN3S(=O)(=O)c3c(Cl)cccc3Cl)cc2)CC(C)O1. The highest BCUT2D eigenvalue weighted by Gasteiger charge is 2.41. The van der Waals surface area contributed by atoms with E-state index in [1.807, 2.05) is 38.1 Å². The highest BCUT2D eigenvalue weighted by molar-refractivity contribution is 7.89.